The third-order valence-corrected chi connectivity index (χ3v) is 0.848. The van der Waals surface area contributed by atoms with Gasteiger partial charge in [0.05, 0.1) is 6.61 Å². The monoisotopic (exact) mass is 122 g/mol. The largest absolute Gasteiger partial charge is 0.393 e. The van der Waals surface area contributed by atoms with Crippen LogP contribution in [0.15, 0.2) is 0 Å². The van der Waals surface area contributed by atoms with Crippen LogP contribution in [0.4, 0.5) is 0 Å². The molecule has 0 aliphatic carbocycles. The maximum atomic E-state index is 8.54. The van der Waals surface area contributed by atoms with E-state index in [-0.39, 0.29) is 0 Å². The minimum absolute atomic E-state index is 0.587. The van der Waals surface area contributed by atoms with Crippen molar-refractivity contribution >= 4 is 0 Å². The lowest BCUT2D eigenvalue weighted by atomic mass is 10.3. The third-order valence-electron chi connectivity index (χ3n) is 0.848. The Morgan fingerprint density at radius 1 is 1.50 bits per heavy atom. The molecule has 1 aliphatic rings. The molecule has 1 saturated heterocycles. The normalized spacial score (nSPS) is 27.4. The van der Waals surface area contributed by atoms with E-state index in [0.29, 0.717) is 0 Å². The Kier molecular flexibility index (Phi) is 1.22. The van der Waals surface area contributed by atoms with E-state index in [2.05, 4.69) is 9.78 Å². The van der Waals surface area contributed by atoms with Gasteiger partial charge < -0.3 is 15.3 Å². The van der Waals surface area contributed by atoms with E-state index in [1.54, 1.807) is 0 Å². The molecule has 1 aliphatic heterocycles. The van der Waals surface area contributed by atoms with Crippen molar-refractivity contribution in [1.82, 2.24) is 0 Å². The lowest BCUT2D eigenvalue weighted by molar-refractivity contribution is -0.102. The van der Waals surface area contributed by atoms with Crippen LogP contribution in [0.25, 0.3) is 0 Å². The summed E-state index contributed by atoms with van der Waals surface area (Å²) in [5, 5.41) is 25.2. The minimum atomic E-state index is -1.94. The van der Waals surface area contributed by atoms with Crippen molar-refractivity contribution in [3.63, 3.8) is 0 Å². The molecule has 0 aromatic carbocycles. The molecule has 1 rings (SSSR count). The number of rotatable bonds is 2. The Morgan fingerprint density at radius 3 is 2.12 bits per heavy atom. The first kappa shape index (κ1) is 5.93. The van der Waals surface area contributed by atoms with Crippen molar-refractivity contribution in [2.75, 3.05) is 6.61 Å². The molecule has 5 nitrogen and oxygen atoms in total. The summed E-state index contributed by atoms with van der Waals surface area (Å²) in [7, 11) is 0. The Labute approximate surface area is 45.0 Å². The standard InChI is InChI=1S/C3H6O5/c4-1-2(5)3(6)7-8-3/h2,4-6H,1H2. The zero-order valence-corrected chi connectivity index (χ0v) is 3.94. The van der Waals surface area contributed by atoms with Crippen molar-refractivity contribution in [2.24, 2.45) is 0 Å². The molecule has 3 N–H and O–H groups in total. The van der Waals surface area contributed by atoms with E-state index >= 15 is 0 Å². The molecule has 0 spiro atoms. The van der Waals surface area contributed by atoms with Gasteiger partial charge in [-0.3, -0.25) is 0 Å². The lowest BCUT2D eigenvalue weighted by Crippen LogP contribution is -2.31. The first-order chi connectivity index (χ1) is 3.69. The van der Waals surface area contributed by atoms with Crippen LogP contribution < -0.4 is 0 Å². The third kappa shape index (κ3) is 0.816. The van der Waals surface area contributed by atoms with Gasteiger partial charge >= 0.3 is 5.97 Å². The van der Waals surface area contributed by atoms with Crippen LogP contribution in [-0.4, -0.2) is 34.0 Å². The lowest BCUT2D eigenvalue weighted by Gasteiger charge is -2.02. The molecule has 1 fully saturated rings. The van der Waals surface area contributed by atoms with Gasteiger partial charge in [-0.05, 0) is 0 Å². The first-order valence-electron chi connectivity index (χ1n) is 2.07. The highest BCUT2D eigenvalue weighted by Gasteiger charge is 2.54. The molecule has 0 saturated carbocycles. The highest BCUT2D eigenvalue weighted by atomic mass is 17.4. The second kappa shape index (κ2) is 1.64. The van der Waals surface area contributed by atoms with Gasteiger partial charge in [0, 0.05) is 0 Å². The van der Waals surface area contributed by atoms with Gasteiger partial charge in [-0.25, -0.2) is 0 Å². The van der Waals surface area contributed by atoms with Crippen molar-refractivity contribution in [3.05, 3.63) is 0 Å². The average molecular weight is 122 g/mol. The molecular weight excluding hydrogens is 116 g/mol. The predicted octanol–water partition coefficient (Wildman–Crippen LogP) is -2.05. The summed E-state index contributed by atoms with van der Waals surface area (Å²) in [5.41, 5.74) is 0. The topological polar surface area (TPSA) is 85.8 Å². The van der Waals surface area contributed by atoms with Gasteiger partial charge in [-0.1, -0.05) is 0 Å². The van der Waals surface area contributed by atoms with Gasteiger partial charge in [0.15, 0.2) is 6.10 Å². The molecule has 0 amide bonds. The van der Waals surface area contributed by atoms with E-state index in [1.165, 1.54) is 0 Å². The van der Waals surface area contributed by atoms with Crippen LogP contribution in [0, 0.1) is 0 Å². The summed E-state index contributed by atoms with van der Waals surface area (Å²) in [6.45, 7) is -0.587. The van der Waals surface area contributed by atoms with E-state index in [4.69, 9.17) is 15.3 Å². The molecule has 48 valence electrons. The molecule has 1 atom stereocenters. The highest BCUT2D eigenvalue weighted by molar-refractivity contribution is 4.68. The van der Waals surface area contributed by atoms with Crippen molar-refractivity contribution in [3.8, 4) is 0 Å². The van der Waals surface area contributed by atoms with Crippen molar-refractivity contribution in [2.45, 2.75) is 12.1 Å². The summed E-state index contributed by atoms with van der Waals surface area (Å²) in [5.74, 6) is -1.94. The Hall–Kier alpha value is -0.200. The summed E-state index contributed by atoms with van der Waals surface area (Å²) in [4.78, 5) is 7.79. The van der Waals surface area contributed by atoms with Gasteiger partial charge in [0.25, 0.3) is 0 Å². The van der Waals surface area contributed by atoms with E-state index in [1.807, 2.05) is 0 Å². The summed E-state index contributed by atoms with van der Waals surface area (Å²) in [6.07, 6.45) is -1.37. The van der Waals surface area contributed by atoms with E-state index < -0.39 is 18.7 Å². The fourth-order valence-corrected chi connectivity index (χ4v) is 0.269. The zero-order chi connectivity index (χ0) is 6.20. The molecule has 0 bridgehead atoms. The molecule has 0 radical (unpaired) electrons. The Bertz CT molecular complexity index is 87.7. The first-order valence-corrected chi connectivity index (χ1v) is 2.07. The Balaban J connectivity index is 2.34. The van der Waals surface area contributed by atoms with Crippen LogP contribution >= 0.6 is 0 Å². The smallest absolute Gasteiger partial charge is 0.365 e. The second-order valence-corrected chi connectivity index (χ2v) is 1.50. The van der Waals surface area contributed by atoms with E-state index in [9.17, 15) is 0 Å². The van der Waals surface area contributed by atoms with Crippen molar-refractivity contribution in [1.29, 1.82) is 0 Å². The molecule has 1 heterocycles. The van der Waals surface area contributed by atoms with Crippen LogP contribution in [0.5, 0.6) is 0 Å². The summed E-state index contributed by atoms with van der Waals surface area (Å²) >= 11 is 0. The second-order valence-electron chi connectivity index (χ2n) is 1.50. The average Bonchev–Trinajstić information content (AvgIpc) is 2.47. The summed E-state index contributed by atoms with van der Waals surface area (Å²) in [6, 6.07) is 0. The van der Waals surface area contributed by atoms with Gasteiger partial charge in [0.2, 0.25) is 0 Å². The molecule has 0 aromatic heterocycles. The highest BCUT2D eigenvalue weighted by Crippen LogP contribution is 2.28. The van der Waals surface area contributed by atoms with Gasteiger partial charge in [-0.15, -0.1) is 0 Å². The number of aliphatic hydroxyl groups is 3. The number of aliphatic hydroxyl groups excluding tert-OH is 2. The molecule has 5 heteroatoms. The minimum Gasteiger partial charge on any atom is -0.393 e. The molecule has 8 heavy (non-hydrogen) atoms. The maximum Gasteiger partial charge on any atom is 0.365 e. The summed E-state index contributed by atoms with van der Waals surface area (Å²) < 4.78 is 0. The van der Waals surface area contributed by atoms with Gasteiger partial charge in [0.1, 0.15) is 0 Å². The fraction of sp³-hybridized carbons (Fsp3) is 1.00. The zero-order valence-electron chi connectivity index (χ0n) is 3.94. The van der Waals surface area contributed by atoms with Gasteiger partial charge in [-0.2, -0.15) is 9.78 Å². The molecular formula is C3H6O5. The fourth-order valence-electron chi connectivity index (χ4n) is 0.269. The van der Waals surface area contributed by atoms with Crippen LogP contribution in [0.3, 0.4) is 0 Å². The SMILES string of the molecule is OCC(O)C1(O)OO1. The Morgan fingerprint density at radius 2 is 2.00 bits per heavy atom. The van der Waals surface area contributed by atoms with E-state index in [0.717, 1.165) is 0 Å². The number of hydrogen-bond acceptors (Lipinski definition) is 5. The van der Waals surface area contributed by atoms with Crippen LogP contribution in [0.1, 0.15) is 0 Å². The van der Waals surface area contributed by atoms with Crippen LogP contribution in [0.2, 0.25) is 0 Å². The predicted molar refractivity (Wildman–Crippen MR) is 20.2 cm³/mol. The van der Waals surface area contributed by atoms with Crippen LogP contribution in [-0.2, 0) is 9.78 Å². The quantitative estimate of drug-likeness (QED) is 0.290. The molecule has 0 aromatic rings. The maximum absolute atomic E-state index is 8.54. The number of hydrogen-bond donors (Lipinski definition) is 3. The molecule has 1 unspecified atom stereocenters. The van der Waals surface area contributed by atoms with Crippen molar-refractivity contribution < 1.29 is 25.1 Å².